The van der Waals surface area contributed by atoms with Gasteiger partial charge in [0.2, 0.25) is 5.91 Å². The minimum absolute atomic E-state index is 0.00522. The van der Waals surface area contributed by atoms with Crippen molar-refractivity contribution in [2.75, 3.05) is 26.7 Å². The molecule has 3 heterocycles. The van der Waals surface area contributed by atoms with Crippen molar-refractivity contribution < 1.29 is 4.79 Å². The smallest absolute Gasteiger partial charge is 0.255 e. The van der Waals surface area contributed by atoms with Crippen LogP contribution in [0, 0.1) is 5.92 Å². The normalized spacial score (nSPS) is 23.2. The molecule has 33 heavy (non-hydrogen) atoms. The van der Waals surface area contributed by atoms with E-state index in [1.54, 1.807) is 0 Å². The molecule has 6 heteroatoms. The molecule has 1 aromatic heterocycles. The van der Waals surface area contributed by atoms with Crippen molar-refractivity contribution in [1.82, 2.24) is 19.8 Å². The number of benzene rings is 1. The van der Waals surface area contributed by atoms with Crippen molar-refractivity contribution in [2.45, 2.75) is 69.7 Å². The molecule has 2 aromatic rings. The van der Waals surface area contributed by atoms with Crippen LogP contribution in [0.15, 0.2) is 35.1 Å². The van der Waals surface area contributed by atoms with Gasteiger partial charge in [0.15, 0.2) is 0 Å². The lowest BCUT2D eigenvalue weighted by Crippen LogP contribution is -2.44. The first-order chi connectivity index (χ1) is 16.1. The maximum atomic E-state index is 13.9. The van der Waals surface area contributed by atoms with Crippen LogP contribution in [0.3, 0.4) is 0 Å². The average Bonchev–Trinajstić information content (AvgIpc) is 2.86. The quantitative estimate of drug-likeness (QED) is 0.772. The van der Waals surface area contributed by atoms with Crippen LogP contribution in [0.25, 0.3) is 0 Å². The number of carbonyl (C=O) groups is 1. The highest BCUT2D eigenvalue weighted by atomic mass is 16.2. The number of aromatic amines is 1. The van der Waals surface area contributed by atoms with E-state index in [0.29, 0.717) is 19.0 Å². The molecule has 2 aliphatic heterocycles. The van der Waals surface area contributed by atoms with Crippen LogP contribution in [0.5, 0.6) is 0 Å². The summed E-state index contributed by atoms with van der Waals surface area (Å²) in [6, 6.07) is 10.4. The van der Waals surface area contributed by atoms with Gasteiger partial charge in [0.05, 0.1) is 17.2 Å². The lowest BCUT2D eigenvalue weighted by Gasteiger charge is -2.38. The summed E-state index contributed by atoms with van der Waals surface area (Å²) in [5.41, 5.74) is 2.90. The molecule has 1 aliphatic carbocycles. The molecule has 5 rings (SSSR count). The third kappa shape index (κ3) is 4.77. The number of hydrogen-bond donors (Lipinski definition) is 1. The van der Waals surface area contributed by atoms with Crippen molar-refractivity contribution in [2.24, 2.45) is 5.92 Å². The number of piperidine rings is 1. The molecule has 3 aliphatic rings. The molecule has 1 saturated carbocycles. The zero-order valence-corrected chi connectivity index (χ0v) is 19.8. The number of aromatic nitrogens is 2. The van der Waals surface area contributed by atoms with Gasteiger partial charge in [-0.2, -0.15) is 0 Å². The Labute approximate surface area is 196 Å². The summed E-state index contributed by atoms with van der Waals surface area (Å²) in [6.07, 6.45) is 8.73. The molecule has 0 radical (unpaired) electrons. The van der Waals surface area contributed by atoms with E-state index < -0.39 is 0 Å². The molecule has 1 amide bonds. The van der Waals surface area contributed by atoms with Gasteiger partial charge in [-0.25, -0.2) is 4.98 Å². The first kappa shape index (κ1) is 22.3. The largest absolute Gasteiger partial charge is 0.341 e. The molecule has 0 bridgehead atoms. The van der Waals surface area contributed by atoms with E-state index in [2.05, 4.69) is 39.0 Å². The fraction of sp³-hybridized carbons (Fsp3) is 0.593. The number of hydrogen-bond acceptors (Lipinski definition) is 4. The number of rotatable bonds is 4. The minimum atomic E-state index is -0.0590. The number of likely N-dealkylation sites (N-methyl/N-ethyl adjacent to an activating group) is 1. The minimum Gasteiger partial charge on any atom is -0.341 e. The summed E-state index contributed by atoms with van der Waals surface area (Å²) < 4.78 is 0. The van der Waals surface area contributed by atoms with E-state index in [9.17, 15) is 9.59 Å². The molecular weight excluding hydrogens is 412 g/mol. The van der Waals surface area contributed by atoms with Crippen LogP contribution < -0.4 is 5.56 Å². The van der Waals surface area contributed by atoms with Crippen molar-refractivity contribution in [3.63, 3.8) is 0 Å². The third-order valence-corrected chi connectivity index (χ3v) is 7.94. The zero-order valence-electron chi connectivity index (χ0n) is 19.8. The maximum Gasteiger partial charge on any atom is 0.255 e. The number of H-pyrrole nitrogens is 1. The summed E-state index contributed by atoms with van der Waals surface area (Å²) in [5.74, 6) is 1.50. The average molecular weight is 449 g/mol. The van der Waals surface area contributed by atoms with Crippen LogP contribution in [-0.2, 0) is 17.8 Å². The van der Waals surface area contributed by atoms with Gasteiger partial charge in [-0.1, -0.05) is 49.6 Å². The SMILES string of the molecule is CN1CCc2nc([C@@H]3CCCN(C(=O)[C@@H](c4ccccc4)C4CCCCC4)C3)[nH]c(=O)c2C1. The third-order valence-electron chi connectivity index (χ3n) is 7.94. The van der Waals surface area contributed by atoms with Crippen LogP contribution in [0.1, 0.15) is 79.4 Å². The van der Waals surface area contributed by atoms with Gasteiger partial charge in [-0.05, 0) is 44.2 Å². The van der Waals surface area contributed by atoms with E-state index in [1.165, 1.54) is 19.3 Å². The molecule has 1 N–H and O–H groups in total. The molecular formula is C27H36N4O2. The number of nitrogens with zero attached hydrogens (tertiary/aromatic N) is 3. The predicted molar refractivity (Wildman–Crippen MR) is 129 cm³/mol. The number of fused-ring (bicyclic) bond motifs is 1. The summed E-state index contributed by atoms with van der Waals surface area (Å²) >= 11 is 0. The van der Waals surface area contributed by atoms with E-state index in [1.807, 2.05) is 13.1 Å². The standard InChI is InChI=1S/C27H36N4O2/c1-30-16-14-23-22(18-30)26(32)29-25(28-23)21-13-8-15-31(17-21)27(33)24(19-9-4-2-5-10-19)20-11-6-3-7-12-20/h2,4-5,9-10,20-21,24H,3,6-8,11-18H2,1H3,(H,28,29,32)/t21-,24+/m1/s1. The van der Waals surface area contributed by atoms with E-state index in [-0.39, 0.29) is 23.3 Å². The first-order valence-electron chi connectivity index (χ1n) is 12.7. The fourth-order valence-electron chi connectivity index (χ4n) is 6.11. The van der Waals surface area contributed by atoms with Gasteiger partial charge in [0.1, 0.15) is 5.82 Å². The van der Waals surface area contributed by atoms with Gasteiger partial charge in [0.25, 0.3) is 5.56 Å². The van der Waals surface area contributed by atoms with Gasteiger partial charge in [-0.3, -0.25) is 9.59 Å². The lowest BCUT2D eigenvalue weighted by molar-refractivity contribution is -0.135. The second kappa shape index (κ2) is 9.80. The maximum absolute atomic E-state index is 13.9. The Morgan fingerprint density at radius 1 is 1.06 bits per heavy atom. The molecule has 1 saturated heterocycles. The van der Waals surface area contributed by atoms with Gasteiger partial charge < -0.3 is 14.8 Å². The number of likely N-dealkylation sites (tertiary alicyclic amines) is 1. The number of carbonyl (C=O) groups excluding carboxylic acids is 1. The molecule has 1 aromatic carbocycles. The molecule has 2 fully saturated rings. The summed E-state index contributed by atoms with van der Waals surface area (Å²) in [6.45, 7) is 3.04. The zero-order chi connectivity index (χ0) is 22.8. The van der Waals surface area contributed by atoms with E-state index in [4.69, 9.17) is 4.98 Å². The summed E-state index contributed by atoms with van der Waals surface area (Å²) in [7, 11) is 2.04. The van der Waals surface area contributed by atoms with Gasteiger partial charge in [-0.15, -0.1) is 0 Å². The number of nitrogens with one attached hydrogen (secondary N) is 1. The monoisotopic (exact) mass is 448 g/mol. The summed E-state index contributed by atoms with van der Waals surface area (Å²) in [4.78, 5) is 38.9. The predicted octanol–water partition coefficient (Wildman–Crippen LogP) is 3.83. The highest BCUT2D eigenvalue weighted by Gasteiger charge is 2.36. The van der Waals surface area contributed by atoms with Gasteiger partial charge in [0, 0.05) is 38.5 Å². The topological polar surface area (TPSA) is 69.3 Å². The molecule has 0 unspecified atom stereocenters. The van der Waals surface area contributed by atoms with Crippen LogP contribution in [0.4, 0.5) is 0 Å². The fourth-order valence-corrected chi connectivity index (χ4v) is 6.11. The summed E-state index contributed by atoms with van der Waals surface area (Å²) in [5, 5.41) is 0. The Morgan fingerprint density at radius 3 is 2.64 bits per heavy atom. The first-order valence-corrected chi connectivity index (χ1v) is 12.7. The Morgan fingerprint density at radius 2 is 1.85 bits per heavy atom. The van der Waals surface area contributed by atoms with E-state index in [0.717, 1.165) is 67.8 Å². The second-order valence-electron chi connectivity index (χ2n) is 10.3. The van der Waals surface area contributed by atoms with Crippen LogP contribution >= 0.6 is 0 Å². The molecule has 176 valence electrons. The number of amides is 1. The second-order valence-corrected chi connectivity index (χ2v) is 10.3. The van der Waals surface area contributed by atoms with Crippen molar-refractivity contribution in [1.29, 1.82) is 0 Å². The Bertz CT molecular complexity index is 1030. The molecule has 6 nitrogen and oxygen atoms in total. The van der Waals surface area contributed by atoms with Gasteiger partial charge >= 0.3 is 0 Å². The lowest BCUT2D eigenvalue weighted by atomic mass is 9.76. The van der Waals surface area contributed by atoms with Crippen molar-refractivity contribution >= 4 is 5.91 Å². The van der Waals surface area contributed by atoms with Crippen LogP contribution in [0.2, 0.25) is 0 Å². The Hall–Kier alpha value is -2.47. The highest BCUT2D eigenvalue weighted by Crippen LogP contribution is 2.38. The van der Waals surface area contributed by atoms with Crippen LogP contribution in [-0.4, -0.2) is 52.4 Å². The highest BCUT2D eigenvalue weighted by molar-refractivity contribution is 5.84. The molecule has 0 spiro atoms. The van der Waals surface area contributed by atoms with Crippen molar-refractivity contribution in [3.05, 3.63) is 63.3 Å². The Kier molecular flexibility index (Phi) is 6.63. The van der Waals surface area contributed by atoms with E-state index >= 15 is 0 Å². The van der Waals surface area contributed by atoms with Crippen molar-refractivity contribution in [3.8, 4) is 0 Å². The molecule has 2 atom stereocenters. The Balaban J connectivity index is 1.38.